The van der Waals surface area contributed by atoms with Crippen LogP contribution in [0.15, 0.2) is 12.1 Å². The zero-order valence-electron chi connectivity index (χ0n) is 17.4. The monoisotopic (exact) mass is 461 g/mol. The van der Waals surface area contributed by atoms with E-state index in [1.54, 1.807) is 6.92 Å². The summed E-state index contributed by atoms with van der Waals surface area (Å²) in [6, 6.07) is 1.40. The third-order valence-electron chi connectivity index (χ3n) is 4.43. The molecule has 0 saturated heterocycles. The van der Waals surface area contributed by atoms with Crippen LogP contribution in [-0.2, 0) is 22.2 Å². The van der Waals surface area contributed by atoms with E-state index in [4.69, 9.17) is 5.14 Å². The molecule has 12 heteroatoms. The highest BCUT2D eigenvalue weighted by Gasteiger charge is 2.19. The molecule has 2 atom stereocenters. The van der Waals surface area contributed by atoms with E-state index in [1.165, 1.54) is 0 Å². The maximum atomic E-state index is 13.6. The van der Waals surface area contributed by atoms with E-state index in [0.29, 0.717) is 6.42 Å². The minimum atomic E-state index is -3.93. The summed E-state index contributed by atoms with van der Waals surface area (Å²) < 4.78 is 63.4. The van der Waals surface area contributed by atoms with E-state index in [-0.39, 0.29) is 48.1 Å². The number of anilines is 1. The summed E-state index contributed by atoms with van der Waals surface area (Å²) in [5.74, 6) is -4.99. The Kier molecular flexibility index (Phi) is 8.32. The van der Waals surface area contributed by atoms with Gasteiger partial charge in [-0.25, -0.2) is 31.7 Å². The Bertz CT molecular complexity index is 998. The van der Waals surface area contributed by atoms with Crippen LogP contribution in [0, 0.1) is 23.4 Å². The number of rotatable bonds is 10. The first-order chi connectivity index (χ1) is 14.4. The van der Waals surface area contributed by atoms with Gasteiger partial charge in [0.05, 0.1) is 12.6 Å². The molecule has 0 unspecified atom stereocenters. The van der Waals surface area contributed by atoms with Gasteiger partial charge in [0.25, 0.3) is 0 Å². The molecule has 1 aromatic heterocycles. The Morgan fingerprint density at radius 2 is 1.65 bits per heavy atom. The van der Waals surface area contributed by atoms with Crippen LogP contribution in [0.4, 0.5) is 19.1 Å². The van der Waals surface area contributed by atoms with Gasteiger partial charge in [0.2, 0.25) is 16.0 Å². The van der Waals surface area contributed by atoms with Crippen molar-refractivity contribution in [2.75, 3.05) is 11.9 Å². The predicted molar refractivity (Wildman–Crippen MR) is 109 cm³/mol. The molecule has 0 aliphatic rings. The molecule has 4 N–H and O–H groups in total. The molecule has 0 aliphatic heterocycles. The third kappa shape index (κ3) is 7.71. The number of aliphatic hydroxyl groups is 1. The molecule has 2 aromatic rings. The highest BCUT2D eigenvalue weighted by atomic mass is 32.2. The maximum absolute atomic E-state index is 13.6. The molecule has 0 radical (unpaired) electrons. The van der Waals surface area contributed by atoms with E-state index >= 15 is 0 Å². The fourth-order valence-corrected chi connectivity index (χ4v) is 3.54. The first kappa shape index (κ1) is 25.0. The van der Waals surface area contributed by atoms with Gasteiger partial charge < -0.3 is 10.4 Å². The molecule has 1 aromatic carbocycles. The molecule has 1 heterocycles. The summed E-state index contributed by atoms with van der Waals surface area (Å²) in [5, 5.41) is 17.6. The maximum Gasteiger partial charge on any atom is 0.226 e. The fraction of sp³-hybridized carbons (Fsp3) is 0.526. The average molecular weight is 462 g/mol. The van der Waals surface area contributed by atoms with Gasteiger partial charge in [-0.1, -0.05) is 20.8 Å². The van der Waals surface area contributed by atoms with Crippen molar-refractivity contribution in [3.8, 4) is 0 Å². The van der Waals surface area contributed by atoms with Gasteiger partial charge in [-0.15, -0.1) is 0 Å². The van der Waals surface area contributed by atoms with Crippen LogP contribution in [-0.4, -0.2) is 41.1 Å². The van der Waals surface area contributed by atoms with E-state index in [0.717, 1.165) is 12.1 Å². The quantitative estimate of drug-likeness (QED) is 0.463. The van der Waals surface area contributed by atoms with Gasteiger partial charge in [-0.2, -0.15) is 9.97 Å². The van der Waals surface area contributed by atoms with Gasteiger partial charge in [-0.3, -0.25) is 0 Å². The van der Waals surface area contributed by atoms with Gasteiger partial charge in [0.15, 0.2) is 23.3 Å². The van der Waals surface area contributed by atoms with Crippen LogP contribution >= 0.6 is 0 Å². The molecule has 31 heavy (non-hydrogen) atoms. The number of hydrogen-bond donors (Lipinski definition) is 3. The number of nitrogens with zero attached hydrogens (tertiary/aromatic N) is 3. The molecule has 0 fully saturated rings. The van der Waals surface area contributed by atoms with Crippen LogP contribution in [0.1, 0.15) is 50.3 Å². The molecular formula is C19H26F3N5O3S. The Hall–Kier alpha value is -2.31. The number of aliphatic hydroxyl groups excluding tert-OH is 1. The Morgan fingerprint density at radius 3 is 2.16 bits per heavy atom. The van der Waals surface area contributed by atoms with Crippen molar-refractivity contribution < 1.29 is 26.7 Å². The lowest BCUT2D eigenvalue weighted by molar-refractivity contribution is 0.259. The minimum absolute atomic E-state index is 0.0482. The first-order valence-corrected chi connectivity index (χ1v) is 11.4. The highest BCUT2D eigenvalue weighted by molar-refractivity contribution is 7.88. The number of nitrogens with two attached hydrogens (primary N) is 1. The predicted octanol–water partition coefficient (Wildman–Crippen LogP) is 2.24. The number of hydrogen-bond acceptors (Lipinski definition) is 7. The van der Waals surface area contributed by atoms with E-state index in [9.17, 15) is 26.7 Å². The van der Waals surface area contributed by atoms with Crippen LogP contribution in [0.3, 0.4) is 0 Å². The molecule has 8 nitrogen and oxygen atoms in total. The largest absolute Gasteiger partial charge is 0.394 e. The number of benzene rings is 1. The smallest absolute Gasteiger partial charge is 0.226 e. The normalized spacial score (nSPS) is 14.0. The molecule has 0 aliphatic carbocycles. The van der Waals surface area contributed by atoms with E-state index < -0.39 is 39.1 Å². The molecule has 2 rings (SSSR count). The lowest BCUT2D eigenvalue weighted by atomic mass is 9.97. The molecule has 172 valence electrons. The van der Waals surface area contributed by atoms with Crippen molar-refractivity contribution in [2.45, 2.75) is 51.3 Å². The first-order valence-electron chi connectivity index (χ1n) is 9.64. The van der Waals surface area contributed by atoms with Crippen molar-refractivity contribution in [1.82, 2.24) is 15.0 Å². The number of aromatic nitrogens is 3. The SMILES string of the molecule is CC(C)C[C@H](CO)Nc1nc(C[C@@H](C)c2cc(F)c(F)c(F)c2)nc(CS(N)(=O)=O)n1. The van der Waals surface area contributed by atoms with Crippen molar-refractivity contribution in [1.29, 1.82) is 0 Å². The van der Waals surface area contributed by atoms with E-state index in [2.05, 4.69) is 20.3 Å². The molecule has 0 saturated carbocycles. The zero-order valence-corrected chi connectivity index (χ0v) is 18.3. The lowest BCUT2D eigenvalue weighted by Gasteiger charge is -2.19. The second-order valence-electron chi connectivity index (χ2n) is 7.86. The van der Waals surface area contributed by atoms with Crippen molar-refractivity contribution in [3.63, 3.8) is 0 Å². The van der Waals surface area contributed by atoms with Gasteiger partial charge in [0.1, 0.15) is 11.6 Å². The number of primary sulfonamides is 1. The summed E-state index contributed by atoms with van der Waals surface area (Å²) in [7, 11) is -3.93. The van der Waals surface area contributed by atoms with Gasteiger partial charge in [-0.05, 0) is 36.0 Å². The molecule has 0 bridgehead atoms. The Morgan fingerprint density at radius 1 is 1.06 bits per heavy atom. The second kappa shape index (κ2) is 10.3. The summed E-state index contributed by atoms with van der Waals surface area (Å²) in [5.41, 5.74) is 0.187. The standard InChI is InChI=1S/C19H26F3N5O3S/c1-10(2)4-13(8-28)24-19-26-16(25-17(27-19)9-31(23,29)30)5-11(3)12-6-14(20)18(22)15(21)7-12/h6-7,10-11,13,28H,4-5,8-9H2,1-3H3,(H2,23,29,30)(H,24,25,26,27)/t11-,13-/m1/s1. The highest BCUT2D eigenvalue weighted by Crippen LogP contribution is 2.23. The summed E-state index contributed by atoms with van der Waals surface area (Å²) in [4.78, 5) is 12.4. The Labute approximate surface area is 179 Å². The minimum Gasteiger partial charge on any atom is -0.394 e. The van der Waals surface area contributed by atoms with Crippen LogP contribution in [0.5, 0.6) is 0 Å². The molecular weight excluding hydrogens is 435 g/mol. The van der Waals surface area contributed by atoms with Crippen molar-refractivity contribution in [2.24, 2.45) is 11.1 Å². The Balaban J connectivity index is 2.35. The number of halogens is 3. The van der Waals surface area contributed by atoms with Crippen LogP contribution in [0.25, 0.3) is 0 Å². The number of sulfonamides is 1. The summed E-state index contributed by atoms with van der Waals surface area (Å²) in [6.07, 6.45) is 0.667. The number of nitrogens with one attached hydrogen (secondary N) is 1. The van der Waals surface area contributed by atoms with Gasteiger partial charge in [0, 0.05) is 6.42 Å². The summed E-state index contributed by atoms with van der Waals surface area (Å²) in [6.45, 7) is 5.38. The van der Waals surface area contributed by atoms with Crippen LogP contribution in [0.2, 0.25) is 0 Å². The lowest BCUT2D eigenvalue weighted by Crippen LogP contribution is -2.28. The fourth-order valence-electron chi connectivity index (χ4n) is 3.05. The van der Waals surface area contributed by atoms with Crippen molar-refractivity contribution >= 4 is 16.0 Å². The van der Waals surface area contributed by atoms with Crippen LogP contribution < -0.4 is 10.5 Å². The second-order valence-corrected chi connectivity index (χ2v) is 9.47. The molecule has 0 amide bonds. The van der Waals surface area contributed by atoms with Crippen molar-refractivity contribution in [3.05, 3.63) is 46.8 Å². The average Bonchev–Trinajstić information content (AvgIpc) is 2.63. The molecule has 0 spiro atoms. The van der Waals surface area contributed by atoms with E-state index in [1.807, 2.05) is 13.8 Å². The zero-order chi connectivity index (χ0) is 23.3. The van der Waals surface area contributed by atoms with Gasteiger partial charge >= 0.3 is 0 Å². The summed E-state index contributed by atoms with van der Waals surface area (Å²) >= 11 is 0. The third-order valence-corrected chi connectivity index (χ3v) is 5.09. The topological polar surface area (TPSA) is 131 Å².